The molecule has 0 heterocycles. The molecular weight excluding hydrogens is 375 g/mol. The number of hydrogen-bond donors (Lipinski definition) is 1. The fraction of sp³-hybridized carbons (Fsp3) is 0.364. The number of para-hydroxylation sites is 2. The van der Waals surface area contributed by atoms with Crippen molar-refractivity contribution in [1.29, 1.82) is 0 Å². The summed E-state index contributed by atoms with van der Waals surface area (Å²) in [7, 11) is 1.51. The lowest BCUT2D eigenvalue weighted by Gasteiger charge is -2.29. The molecule has 1 unspecified atom stereocenters. The first kappa shape index (κ1) is 22.2. The number of carbonyl (C=O) groups excluding carboxylic acids is 2. The van der Waals surface area contributed by atoms with Crippen molar-refractivity contribution in [3.05, 3.63) is 59.9 Å². The van der Waals surface area contributed by atoms with Gasteiger partial charge < -0.3 is 19.7 Å². The lowest BCUT2D eigenvalue weighted by atomic mass is 10.1. The zero-order valence-corrected chi connectivity index (χ0v) is 17.0. The normalized spacial score (nSPS) is 11.4. The average Bonchev–Trinajstić information content (AvgIpc) is 2.74. The van der Waals surface area contributed by atoms with Crippen molar-refractivity contribution < 1.29 is 23.5 Å². The number of ether oxygens (including phenoxy) is 2. The molecule has 1 atom stereocenters. The highest BCUT2D eigenvalue weighted by molar-refractivity contribution is 5.88. The Bertz CT molecular complexity index is 828. The zero-order chi connectivity index (χ0) is 21.2. The fourth-order valence-electron chi connectivity index (χ4n) is 2.75. The van der Waals surface area contributed by atoms with Crippen LogP contribution in [0.5, 0.6) is 11.5 Å². The van der Waals surface area contributed by atoms with E-state index in [2.05, 4.69) is 5.32 Å². The van der Waals surface area contributed by atoms with Crippen molar-refractivity contribution in [2.45, 2.75) is 32.9 Å². The van der Waals surface area contributed by atoms with Gasteiger partial charge in [-0.1, -0.05) is 37.3 Å². The first-order chi connectivity index (χ1) is 14.0. The van der Waals surface area contributed by atoms with Gasteiger partial charge in [-0.05, 0) is 31.5 Å². The van der Waals surface area contributed by atoms with E-state index in [-0.39, 0.29) is 19.1 Å². The van der Waals surface area contributed by atoms with Crippen molar-refractivity contribution in [2.75, 3.05) is 20.3 Å². The van der Waals surface area contributed by atoms with Crippen LogP contribution in [0.15, 0.2) is 48.5 Å². The Hall–Kier alpha value is -3.09. The maximum absolute atomic E-state index is 14.1. The van der Waals surface area contributed by atoms with Crippen LogP contribution in [0.2, 0.25) is 0 Å². The summed E-state index contributed by atoms with van der Waals surface area (Å²) in [6.45, 7) is 3.71. The molecule has 2 aromatic rings. The second-order valence-corrected chi connectivity index (χ2v) is 6.52. The van der Waals surface area contributed by atoms with Gasteiger partial charge >= 0.3 is 0 Å². The first-order valence-electron chi connectivity index (χ1n) is 9.54. The van der Waals surface area contributed by atoms with Gasteiger partial charge in [0, 0.05) is 18.7 Å². The Kier molecular flexibility index (Phi) is 8.45. The molecule has 0 aliphatic heterocycles. The highest BCUT2D eigenvalue weighted by Crippen LogP contribution is 2.26. The highest BCUT2D eigenvalue weighted by atomic mass is 19.1. The quantitative estimate of drug-likeness (QED) is 0.663. The Morgan fingerprint density at radius 3 is 2.41 bits per heavy atom. The monoisotopic (exact) mass is 402 g/mol. The molecule has 2 rings (SSSR count). The summed E-state index contributed by atoms with van der Waals surface area (Å²) in [6, 6.07) is 12.4. The van der Waals surface area contributed by atoms with Gasteiger partial charge in [-0.2, -0.15) is 0 Å². The minimum absolute atomic E-state index is 0.0402. The molecule has 1 N–H and O–H groups in total. The van der Waals surface area contributed by atoms with E-state index in [0.29, 0.717) is 23.6 Å². The third-order valence-electron chi connectivity index (χ3n) is 4.44. The molecule has 6 nitrogen and oxygen atoms in total. The fourth-order valence-corrected chi connectivity index (χ4v) is 2.75. The second-order valence-electron chi connectivity index (χ2n) is 6.52. The summed E-state index contributed by atoms with van der Waals surface area (Å²) >= 11 is 0. The molecule has 2 aromatic carbocycles. The second kappa shape index (κ2) is 11.0. The van der Waals surface area contributed by atoms with Crippen molar-refractivity contribution in [1.82, 2.24) is 10.2 Å². The molecule has 0 spiro atoms. The maximum Gasteiger partial charge on any atom is 0.261 e. The Balaban J connectivity index is 2.17. The Morgan fingerprint density at radius 1 is 1.10 bits per heavy atom. The van der Waals surface area contributed by atoms with E-state index in [1.54, 1.807) is 49.4 Å². The molecule has 7 heteroatoms. The number of carbonyl (C=O) groups is 2. The molecular formula is C22H27FN2O4. The molecule has 0 bridgehead atoms. The van der Waals surface area contributed by atoms with E-state index in [1.165, 1.54) is 18.1 Å². The Labute approximate surface area is 170 Å². The van der Waals surface area contributed by atoms with Gasteiger partial charge in [-0.3, -0.25) is 9.59 Å². The molecule has 0 saturated heterocycles. The number of nitrogens with one attached hydrogen (secondary N) is 1. The summed E-state index contributed by atoms with van der Waals surface area (Å²) < 4.78 is 25.0. The highest BCUT2D eigenvalue weighted by Gasteiger charge is 2.27. The topological polar surface area (TPSA) is 67.9 Å². The van der Waals surface area contributed by atoms with E-state index in [1.807, 2.05) is 6.92 Å². The van der Waals surface area contributed by atoms with Crippen LogP contribution < -0.4 is 14.8 Å². The van der Waals surface area contributed by atoms with Crippen LogP contribution in [-0.4, -0.2) is 43.0 Å². The van der Waals surface area contributed by atoms with Crippen LogP contribution in [0.4, 0.5) is 4.39 Å². The Morgan fingerprint density at radius 2 is 1.76 bits per heavy atom. The van der Waals surface area contributed by atoms with E-state index in [4.69, 9.17) is 9.47 Å². The van der Waals surface area contributed by atoms with Gasteiger partial charge in [0.05, 0.1) is 7.11 Å². The summed E-state index contributed by atoms with van der Waals surface area (Å²) in [5.41, 5.74) is 0.327. The number of amides is 2. The van der Waals surface area contributed by atoms with Crippen LogP contribution in [0.1, 0.15) is 25.8 Å². The standard InChI is InChI=1S/C22H27FN2O4/c1-4-13-24-22(27)16(2)25(14-17-9-5-6-10-18(17)23)21(26)15-29-20-12-8-7-11-19(20)28-3/h5-12,16H,4,13-15H2,1-3H3,(H,24,27). The van der Waals surface area contributed by atoms with Gasteiger partial charge in [0.25, 0.3) is 5.91 Å². The van der Waals surface area contributed by atoms with Crippen LogP contribution in [-0.2, 0) is 16.1 Å². The molecule has 29 heavy (non-hydrogen) atoms. The van der Waals surface area contributed by atoms with E-state index < -0.39 is 17.8 Å². The van der Waals surface area contributed by atoms with Gasteiger partial charge in [0.1, 0.15) is 11.9 Å². The molecule has 0 radical (unpaired) electrons. The SMILES string of the molecule is CCCNC(=O)C(C)N(Cc1ccccc1F)C(=O)COc1ccccc1OC. The van der Waals surface area contributed by atoms with Crippen molar-refractivity contribution in [3.8, 4) is 11.5 Å². The zero-order valence-electron chi connectivity index (χ0n) is 17.0. The number of halogens is 1. The largest absolute Gasteiger partial charge is 0.493 e. The predicted molar refractivity (Wildman–Crippen MR) is 108 cm³/mol. The average molecular weight is 402 g/mol. The summed E-state index contributed by atoms with van der Waals surface area (Å²) in [6.07, 6.45) is 0.774. The van der Waals surface area contributed by atoms with Crippen molar-refractivity contribution in [3.63, 3.8) is 0 Å². The van der Waals surface area contributed by atoms with E-state index in [0.717, 1.165) is 6.42 Å². The molecule has 2 amide bonds. The molecule has 0 aliphatic carbocycles. The number of benzene rings is 2. The minimum atomic E-state index is -0.782. The third-order valence-corrected chi connectivity index (χ3v) is 4.44. The maximum atomic E-state index is 14.1. The summed E-state index contributed by atoms with van der Waals surface area (Å²) in [5.74, 6) is -0.253. The lowest BCUT2D eigenvalue weighted by molar-refractivity contribution is -0.142. The van der Waals surface area contributed by atoms with E-state index in [9.17, 15) is 14.0 Å². The van der Waals surface area contributed by atoms with Crippen LogP contribution in [0.25, 0.3) is 0 Å². The number of hydrogen-bond acceptors (Lipinski definition) is 4. The van der Waals surface area contributed by atoms with Crippen LogP contribution >= 0.6 is 0 Å². The number of nitrogens with zero attached hydrogens (tertiary/aromatic N) is 1. The van der Waals surface area contributed by atoms with Crippen LogP contribution in [0.3, 0.4) is 0 Å². The molecule has 0 aromatic heterocycles. The van der Waals surface area contributed by atoms with Crippen LogP contribution in [0, 0.1) is 5.82 Å². The van der Waals surface area contributed by atoms with Crippen molar-refractivity contribution in [2.24, 2.45) is 0 Å². The van der Waals surface area contributed by atoms with Gasteiger partial charge in [0.15, 0.2) is 18.1 Å². The summed E-state index contributed by atoms with van der Waals surface area (Å²) in [4.78, 5) is 26.7. The lowest BCUT2D eigenvalue weighted by Crippen LogP contribution is -2.49. The predicted octanol–water partition coefficient (Wildman–Crippen LogP) is 3.16. The molecule has 156 valence electrons. The molecule has 0 aliphatic rings. The number of methoxy groups -OCH3 is 1. The van der Waals surface area contributed by atoms with Gasteiger partial charge in [-0.25, -0.2) is 4.39 Å². The molecule has 0 fully saturated rings. The number of rotatable bonds is 10. The van der Waals surface area contributed by atoms with Gasteiger partial charge in [0.2, 0.25) is 5.91 Å². The minimum Gasteiger partial charge on any atom is -0.493 e. The smallest absolute Gasteiger partial charge is 0.261 e. The van der Waals surface area contributed by atoms with E-state index >= 15 is 0 Å². The van der Waals surface area contributed by atoms with Gasteiger partial charge in [-0.15, -0.1) is 0 Å². The summed E-state index contributed by atoms with van der Waals surface area (Å²) in [5, 5.41) is 2.77. The first-order valence-corrected chi connectivity index (χ1v) is 9.54. The molecule has 0 saturated carbocycles. The third kappa shape index (κ3) is 6.20. The van der Waals surface area contributed by atoms with Crippen molar-refractivity contribution >= 4 is 11.8 Å².